The second-order valence-electron chi connectivity index (χ2n) is 6.93. The lowest BCUT2D eigenvalue weighted by molar-refractivity contribution is 0.0437. The van der Waals surface area contributed by atoms with E-state index in [0.717, 1.165) is 45.6 Å². The van der Waals surface area contributed by atoms with Crippen molar-refractivity contribution in [1.29, 1.82) is 0 Å². The minimum absolute atomic E-state index is 0.221. The van der Waals surface area contributed by atoms with Crippen LogP contribution in [0.2, 0.25) is 0 Å². The summed E-state index contributed by atoms with van der Waals surface area (Å²) in [6.45, 7) is 7.01. The van der Waals surface area contributed by atoms with E-state index < -0.39 is 5.60 Å². The molecular weight excluding hydrogens is 354 g/mol. The fourth-order valence-electron chi connectivity index (χ4n) is 2.71. The molecule has 0 saturated heterocycles. The topological polar surface area (TPSA) is 79.0 Å². The molecule has 0 spiro atoms. The maximum Gasteiger partial charge on any atom is 0.191 e. The molecule has 0 bridgehead atoms. The van der Waals surface area contributed by atoms with Crippen molar-refractivity contribution in [3.63, 3.8) is 0 Å². The maximum absolute atomic E-state index is 10.5. The summed E-state index contributed by atoms with van der Waals surface area (Å²) < 4.78 is 11.0. The van der Waals surface area contributed by atoms with Crippen LogP contribution in [-0.2, 0) is 16.8 Å². The molecule has 0 saturated carbocycles. The Kier molecular flexibility index (Phi) is 9.59. The van der Waals surface area contributed by atoms with E-state index in [9.17, 15) is 5.11 Å². The molecule has 2 rings (SSSR count). The highest BCUT2D eigenvalue weighted by atomic mass is 16.5. The molecule has 0 radical (unpaired) electrons. The van der Waals surface area contributed by atoms with E-state index in [1.165, 1.54) is 5.56 Å². The van der Waals surface area contributed by atoms with Crippen LogP contribution < -0.4 is 10.6 Å². The number of benzene rings is 1. The molecule has 3 N–H and O–H groups in total. The third kappa shape index (κ3) is 8.15. The average molecular weight is 388 g/mol. The first kappa shape index (κ1) is 22.0. The molecule has 6 heteroatoms. The van der Waals surface area contributed by atoms with Crippen molar-refractivity contribution in [3.05, 3.63) is 60.1 Å². The predicted octanol–water partition coefficient (Wildman–Crippen LogP) is 3.08. The molecule has 0 aliphatic rings. The molecule has 2 aromatic rings. The molecule has 1 aromatic heterocycles. The number of aliphatic imine (C=N–C) groups is 1. The SMILES string of the molecule is CCNC(=NCC(C)(O)c1ccco1)NCCCCOCCc1ccccc1. The van der Waals surface area contributed by atoms with Crippen LogP contribution in [0.3, 0.4) is 0 Å². The zero-order chi connectivity index (χ0) is 20.1. The van der Waals surface area contributed by atoms with Gasteiger partial charge in [-0.25, -0.2) is 4.99 Å². The van der Waals surface area contributed by atoms with Gasteiger partial charge in [0, 0.05) is 19.7 Å². The number of hydrogen-bond acceptors (Lipinski definition) is 4. The second kappa shape index (κ2) is 12.2. The first-order chi connectivity index (χ1) is 13.6. The van der Waals surface area contributed by atoms with Gasteiger partial charge in [0.2, 0.25) is 0 Å². The van der Waals surface area contributed by atoms with E-state index in [0.29, 0.717) is 11.7 Å². The molecule has 1 unspecified atom stereocenters. The van der Waals surface area contributed by atoms with Crippen molar-refractivity contribution < 1.29 is 14.3 Å². The third-order valence-corrected chi connectivity index (χ3v) is 4.33. The highest BCUT2D eigenvalue weighted by Gasteiger charge is 2.25. The molecule has 0 amide bonds. The number of ether oxygens (including phenoxy) is 1. The van der Waals surface area contributed by atoms with Gasteiger partial charge >= 0.3 is 0 Å². The van der Waals surface area contributed by atoms with Crippen molar-refractivity contribution in [2.45, 2.75) is 38.7 Å². The number of guanidine groups is 1. The van der Waals surface area contributed by atoms with Crippen molar-refractivity contribution >= 4 is 5.96 Å². The summed E-state index contributed by atoms with van der Waals surface area (Å²) in [5.74, 6) is 1.21. The van der Waals surface area contributed by atoms with Gasteiger partial charge in [-0.1, -0.05) is 30.3 Å². The zero-order valence-electron chi connectivity index (χ0n) is 17.0. The lowest BCUT2D eigenvalue weighted by Crippen LogP contribution is -2.39. The Hall–Kier alpha value is -2.31. The quantitative estimate of drug-likeness (QED) is 0.296. The van der Waals surface area contributed by atoms with E-state index in [1.54, 1.807) is 25.3 Å². The van der Waals surface area contributed by atoms with Crippen LogP contribution in [0.15, 0.2) is 58.1 Å². The predicted molar refractivity (Wildman–Crippen MR) is 112 cm³/mol. The standard InChI is InChI=1S/C22H33N3O3/c1-3-23-21(25-18-22(2,26)20-12-9-16-28-20)24-14-7-8-15-27-17-13-19-10-5-4-6-11-19/h4-6,9-12,16,26H,3,7-8,13-15,17-18H2,1-2H3,(H2,23,24,25). The molecule has 1 atom stereocenters. The largest absolute Gasteiger partial charge is 0.466 e. The van der Waals surface area contributed by atoms with Gasteiger partial charge in [-0.2, -0.15) is 0 Å². The van der Waals surface area contributed by atoms with Gasteiger partial charge in [0.15, 0.2) is 5.96 Å². The van der Waals surface area contributed by atoms with Gasteiger partial charge in [-0.05, 0) is 50.8 Å². The Bertz CT molecular complexity index is 670. The number of unbranched alkanes of at least 4 members (excludes halogenated alkanes) is 1. The lowest BCUT2D eigenvalue weighted by Gasteiger charge is -2.19. The summed E-state index contributed by atoms with van der Waals surface area (Å²) in [5, 5.41) is 17.0. The van der Waals surface area contributed by atoms with Crippen LogP contribution in [-0.4, -0.2) is 43.9 Å². The Morgan fingerprint density at radius 3 is 2.64 bits per heavy atom. The maximum atomic E-state index is 10.5. The summed E-state index contributed by atoms with van der Waals surface area (Å²) in [6, 6.07) is 13.9. The van der Waals surface area contributed by atoms with E-state index in [4.69, 9.17) is 9.15 Å². The third-order valence-electron chi connectivity index (χ3n) is 4.33. The van der Waals surface area contributed by atoms with Crippen LogP contribution >= 0.6 is 0 Å². The summed E-state index contributed by atoms with van der Waals surface area (Å²) in [6.07, 6.45) is 4.49. The van der Waals surface area contributed by atoms with Gasteiger partial charge < -0.3 is 24.9 Å². The molecule has 1 heterocycles. The zero-order valence-corrected chi connectivity index (χ0v) is 17.0. The number of aliphatic hydroxyl groups is 1. The van der Waals surface area contributed by atoms with Gasteiger partial charge in [0.05, 0.1) is 19.4 Å². The van der Waals surface area contributed by atoms with E-state index in [-0.39, 0.29) is 6.54 Å². The summed E-state index contributed by atoms with van der Waals surface area (Å²) >= 11 is 0. The van der Waals surface area contributed by atoms with Crippen LogP contribution in [0.1, 0.15) is 38.0 Å². The molecule has 0 fully saturated rings. The molecular formula is C22H33N3O3. The van der Waals surface area contributed by atoms with Crippen LogP contribution in [0, 0.1) is 0 Å². The minimum atomic E-state index is -1.13. The van der Waals surface area contributed by atoms with Crippen molar-refractivity contribution in [2.75, 3.05) is 32.8 Å². The van der Waals surface area contributed by atoms with Gasteiger partial charge in [-0.15, -0.1) is 0 Å². The van der Waals surface area contributed by atoms with Gasteiger partial charge in [-0.3, -0.25) is 0 Å². The number of nitrogens with one attached hydrogen (secondary N) is 2. The van der Waals surface area contributed by atoms with E-state index in [2.05, 4.69) is 39.9 Å². The van der Waals surface area contributed by atoms with Crippen LogP contribution in [0.5, 0.6) is 0 Å². The fraction of sp³-hybridized carbons (Fsp3) is 0.500. The first-order valence-electron chi connectivity index (χ1n) is 10.0. The molecule has 0 aliphatic heterocycles. The normalized spacial score (nSPS) is 13.9. The minimum Gasteiger partial charge on any atom is -0.466 e. The first-order valence-corrected chi connectivity index (χ1v) is 10.0. The van der Waals surface area contributed by atoms with Gasteiger partial charge in [0.25, 0.3) is 0 Å². The summed E-state index contributed by atoms with van der Waals surface area (Å²) in [4.78, 5) is 4.48. The highest BCUT2D eigenvalue weighted by molar-refractivity contribution is 5.79. The number of nitrogens with zero attached hydrogens (tertiary/aromatic N) is 1. The Balaban J connectivity index is 1.60. The smallest absolute Gasteiger partial charge is 0.191 e. The van der Waals surface area contributed by atoms with E-state index in [1.807, 2.05) is 13.0 Å². The second-order valence-corrected chi connectivity index (χ2v) is 6.93. The monoisotopic (exact) mass is 387 g/mol. The van der Waals surface area contributed by atoms with Gasteiger partial charge in [0.1, 0.15) is 11.4 Å². The molecule has 0 aliphatic carbocycles. The Morgan fingerprint density at radius 1 is 1.11 bits per heavy atom. The molecule has 154 valence electrons. The van der Waals surface area contributed by atoms with Crippen molar-refractivity contribution in [3.8, 4) is 0 Å². The van der Waals surface area contributed by atoms with Crippen LogP contribution in [0.4, 0.5) is 0 Å². The Labute approximate surface area is 168 Å². The number of hydrogen-bond donors (Lipinski definition) is 3. The number of furan rings is 1. The number of rotatable bonds is 12. The lowest BCUT2D eigenvalue weighted by atomic mass is 10.0. The fourth-order valence-corrected chi connectivity index (χ4v) is 2.71. The molecule has 6 nitrogen and oxygen atoms in total. The van der Waals surface area contributed by atoms with Crippen molar-refractivity contribution in [1.82, 2.24) is 10.6 Å². The molecule has 1 aromatic carbocycles. The highest BCUT2D eigenvalue weighted by Crippen LogP contribution is 2.20. The molecule has 28 heavy (non-hydrogen) atoms. The van der Waals surface area contributed by atoms with Crippen LogP contribution in [0.25, 0.3) is 0 Å². The summed E-state index contributed by atoms with van der Waals surface area (Å²) in [5.41, 5.74) is 0.180. The van der Waals surface area contributed by atoms with E-state index >= 15 is 0 Å². The van der Waals surface area contributed by atoms with Crippen molar-refractivity contribution in [2.24, 2.45) is 4.99 Å². The average Bonchev–Trinajstić information content (AvgIpc) is 3.25. The Morgan fingerprint density at radius 2 is 1.93 bits per heavy atom. The summed E-state index contributed by atoms with van der Waals surface area (Å²) in [7, 11) is 0.